The van der Waals surface area contributed by atoms with Gasteiger partial charge in [0.1, 0.15) is 16.8 Å². The fraction of sp³-hybridized carbons (Fsp3) is 0.483. The molecule has 9 nitrogen and oxygen atoms in total. The van der Waals surface area contributed by atoms with Crippen LogP contribution in [0.2, 0.25) is 10.0 Å². The van der Waals surface area contributed by atoms with Crippen LogP contribution in [0, 0.1) is 0 Å². The van der Waals surface area contributed by atoms with Crippen LogP contribution in [0.1, 0.15) is 43.2 Å². The van der Waals surface area contributed by atoms with Gasteiger partial charge in [-0.25, -0.2) is 0 Å². The number of fused-ring (bicyclic) bond motifs is 1. The summed E-state index contributed by atoms with van der Waals surface area (Å²) in [5, 5.41) is 3.49. The zero-order valence-corrected chi connectivity index (χ0v) is 24.2. The SMILES string of the molecule is COc1c(CNC(=O)[C@@H](CCC(N)=O)N2CCC(CCc3ccccc3)N3C[C@H](N)C[C@H]3C2=O)ccc(Cl)c1Cl. The number of methoxy groups -OCH3 is 1. The molecule has 2 fully saturated rings. The van der Waals surface area contributed by atoms with Gasteiger partial charge in [0, 0.05) is 43.7 Å². The number of nitrogens with zero attached hydrogens (tertiary/aromatic N) is 2. The molecule has 5 N–H and O–H groups in total. The van der Waals surface area contributed by atoms with Crippen molar-refractivity contribution in [2.75, 3.05) is 20.2 Å². The van der Waals surface area contributed by atoms with Crippen LogP contribution >= 0.6 is 23.2 Å². The first-order chi connectivity index (χ1) is 19.2. The molecule has 40 heavy (non-hydrogen) atoms. The average Bonchev–Trinajstić information content (AvgIpc) is 3.28. The lowest BCUT2D eigenvalue weighted by Crippen LogP contribution is -2.53. The lowest BCUT2D eigenvalue weighted by Gasteiger charge is -2.32. The summed E-state index contributed by atoms with van der Waals surface area (Å²) in [6, 6.07) is 12.4. The number of halogens is 2. The molecule has 216 valence electrons. The molecule has 0 radical (unpaired) electrons. The molecule has 0 spiro atoms. The van der Waals surface area contributed by atoms with Crippen molar-refractivity contribution in [1.29, 1.82) is 0 Å². The summed E-state index contributed by atoms with van der Waals surface area (Å²) in [6.07, 6.45) is 3.09. The van der Waals surface area contributed by atoms with Crippen LogP contribution in [0.25, 0.3) is 0 Å². The van der Waals surface area contributed by atoms with Crippen molar-refractivity contribution in [2.45, 2.75) is 69.2 Å². The summed E-state index contributed by atoms with van der Waals surface area (Å²) in [5.74, 6) is -0.673. The van der Waals surface area contributed by atoms with Gasteiger partial charge in [-0.15, -0.1) is 0 Å². The molecule has 2 saturated heterocycles. The number of hydrogen-bond acceptors (Lipinski definition) is 6. The van der Waals surface area contributed by atoms with Gasteiger partial charge in [-0.05, 0) is 43.7 Å². The molecule has 3 amide bonds. The van der Waals surface area contributed by atoms with E-state index in [-0.39, 0.29) is 48.3 Å². The van der Waals surface area contributed by atoms with Gasteiger partial charge in [0.2, 0.25) is 17.7 Å². The smallest absolute Gasteiger partial charge is 0.243 e. The molecule has 1 unspecified atom stereocenters. The Morgan fingerprint density at radius 1 is 1.18 bits per heavy atom. The van der Waals surface area contributed by atoms with Crippen molar-refractivity contribution in [3.8, 4) is 5.75 Å². The number of nitrogens with two attached hydrogens (primary N) is 2. The largest absolute Gasteiger partial charge is 0.495 e. The highest BCUT2D eigenvalue weighted by atomic mass is 35.5. The number of ether oxygens (including phenoxy) is 1. The highest BCUT2D eigenvalue weighted by Crippen LogP contribution is 2.35. The zero-order chi connectivity index (χ0) is 28.8. The fourth-order valence-electron chi connectivity index (χ4n) is 5.83. The average molecular weight is 591 g/mol. The summed E-state index contributed by atoms with van der Waals surface area (Å²) in [7, 11) is 1.47. The Kier molecular flexibility index (Phi) is 10.3. The Morgan fingerprint density at radius 2 is 1.93 bits per heavy atom. The molecule has 0 bridgehead atoms. The molecule has 4 rings (SSSR count). The summed E-state index contributed by atoms with van der Waals surface area (Å²) in [6.45, 7) is 1.14. The van der Waals surface area contributed by atoms with E-state index in [2.05, 4.69) is 22.3 Å². The first-order valence-corrected chi connectivity index (χ1v) is 14.4. The van der Waals surface area contributed by atoms with E-state index in [0.29, 0.717) is 42.3 Å². The van der Waals surface area contributed by atoms with Crippen molar-refractivity contribution in [3.05, 3.63) is 63.6 Å². The molecular weight excluding hydrogens is 553 g/mol. The molecule has 2 aliphatic rings. The highest BCUT2D eigenvalue weighted by molar-refractivity contribution is 6.43. The van der Waals surface area contributed by atoms with Gasteiger partial charge in [0.05, 0.1) is 18.2 Å². The predicted octanol–water partition coefficient (Wildman–Crippen LogP) is 2.89. The number of carbonyl (C=O) groups is 3. The van der Waals surface area contributed by atoms with E-state index in [0.717, 1.165) is 12.8 Å². The normalized spacial score (nSPS) is 21.9. The van der Waals surface area contributed by atoms with Crippen molar-refractivity contribution in [3.63, 3.8) is 0 Å². The number of benzene rings is 2. The molecule has 2 aromatic carbocycles. The molecule has 2 aliphatic heterocycles. The summed E-state index contributed by atoms with van der Waals surface area (Å²) in [4.78, 5) is 43.1. The fourth-order valence-corrected chi connectivity index (χ4v) is 6.24. The third-order valence-electron chi connectivity index (χ3n) is 7.85. The monoisotopic (exact) mass is 589 g/mol. The maximum absolute atomic E-state index is 13.9. The Balaban J connectivity index is 1.53. The summed E-state index contributed by atoms with van der Waals surface area (Å²) >= 11 is 12.4. The van der Waals surface area contributed by atoms with E-state index in [9.17, 15) is 14.4 Å². The van der Waals surface area contributed by atoms with Crippen LogP contribution in [0.4, 0.5) is 0 Å². The van der Waals surface area contributed by atoms with Crippen molar-refractivity contribution in [1.82, 2.24) is 15.1 Å². The van der Waals surface area contributed by atoms with Gasteiger partial charge < -0.3 is 26.4 Å². The minimum atomic E-state index is -0.861. The quantitative estimate of drug-likeness (QED) is 0.369. The van der Waals surface area contributed by atoms with E-state index >= 15 is 0 Å². The van der Waals surface area contributed by atoms with Crippen LogP contribution in [-0.2, 0) is 27.3 Å². The molecule has 2 heterocycles. The maximum atomic E-state index is 13.9. The van der Waals surface area contributed by atoms with E-state index in [4.69, 9.17) is 39.4 Å². The van der Waals surface area contributed by atoms with Crippen molar-refractivity contribution < 1.29 is 19.1 Å². The molecule has 2 aromatic rings. The van der Waals surface area contributed by atoms with Crippen molar-refractivity contribution in [2.24, 2.45) is 11.5 Å². The number of hydrogen-bond donors (Lipinski definition) is 3. The molecule has 0 aliphatic carbocycles. The lowest BCUT2D eigenvalue weighted by molar-refractivity contribution is -0.143. The summed E-state index contributed by atoms with van der Waals surface area (Å²) < 4.78 is 5.39. The van der Waals surface area contributed by atoms with Gasteiger partial charge >= 0.3 is 0 Å². The van der Waals surface area contributed by atoms with Gasteiger partial charge in [0.15, 0.2) is 0 Å². The number of amides is 3. The number of primary amides is 1. The summed E-state index contributed by atoms with van der Waals surface area (Å²) in [5.41, 5.74) is 13.7. The van der Waals surface area contributed by atoms with Gasteiger partial charge in [-0.3, -0.25) is 19.3 Å². The first-order valence-electron chi connectivity index (χ1n) is 13.6. The van der Waals surface area contributed by atoms with Gasteiger partial charge in [-0.2, -0.15) is 0 Å². The van der Waals surface area contributed by atoms with Crippen LogP contribution in [0.15, 0.2) is 42.5 Å². The Morgan fingerprint density at radius 3 is 2.62 bits per heavy atom. The van der Waals surface area contributed by atoms with Crippen molar-refractivity contribution >= 4 is 40.9 Å². The van der Waals surface area contributed by atoms with Crippen LogP contribution in [-0.4, -0.2) is 71.9 Å². The number of nitrogens with one attached hydrogen (secondary N) is 1. The standard InChI is InChI=1S/C29H37Cl2N5O4/c1-40-27-19(8-10-22(30)26(27)31)16-34-28(38)23(11-12-25(33)37)35-14-13-21(9-7-18-5-3-2-4-6-18)36-17-20(32)15-24(36)29(35)39/h2-6,8,10,20-21,23-24H,7,9,11-17,32H2,1H3,(H2,33,37)(H,34,38)/t20-,21?,23-,24+/m1/s1. The minimum absolute atomic E-state index is 0.0245. The zero-order valence-electron chi connectivity index (χ0n) is 22.7. The van der Waals surface area contributed by atoms with E-state index in [1.54, 1.807) is 17.0 Å². The number of aryl methyl sites for hydroxylation is 1. The Bertz CT molecular complexity index is 1210. The number of rotatable bonds is 11. The highest BCUT2D eigenvalue weighted by Gasteiger charge is 2.45. The van der Waals surface area contributed by atoms with E-state index < -0.39 is 18.0 Å². The Labute approximate surface area is 245 Å². The Hall–Kier alpha value is -2.85. The predicted molar refractivity (Wildman–Crippen MR) is 155 cm³/mol. The lowest BCUT2D eigenvalue weighted by atomic mass is 10.0. The molecular formula is C29H37Cl2N5O4. The van der Waals surface area contributed by atoms with Crippen LogP contribution in [0.3, 0.4) is 0 Å². The van der Waals surface area contributed by atoms with Crippen LogP contribution < -0.4 is 21.5 Å². The van der Waals surface area contributed by atoms with Crippen LogP contribution in [0.5, 0.6) is 5.75 Å². The maximum Gasteiger partial charge on any atom is 0.243 e. The first kappa shape index (κ1) is 30.1. The second-order valence-corrected chi connectivity index (χ2v) is 11.3. The molecule has 0 saturated carbocycles. The topological polar surface area (TPSA) is 131 Å². The molecule has 11 heteroatoms. The second kappa shape index (κ2) is 13.7. The van der Waals surface area contributed by atoms with E-state index in [1.807, 2.05) is 18.2 Å². The molecule has 0 aromatic heterocycles. The third-order valence-corrected chi connectivity index (χ3v) is 8.64. The minimum Gasteiger partial charge on any atom is -0.495 e. The number of carbonyl (C=O) groups excluding carboxylic acids is 3. The van der Waals surface area contributed by atoms with E-state index in [1.165, 1.54) is 12.7 Å². The van der Waals surface area contributed by atoms with Gasteiger partial charge in [-0.1, -0.05) is 59.6 Å². The molecule has 4 atom stereocenters. The second-order valence-electron chi connectivity index (χ2n) is 10.5. The van der Waals surface area contributed by atoms with Gasteiger partial charge in [0.25, 0.3) is 0 Å². The third kappa shape index (κ3) is 7.07.